The fraction of sp³-hybridized carbons (Fsp3) is 0.222. The largest absolute Gasteiger partial charge is 0.493 e. The van der Waals surface area contributed by atoms with Crippen molar-refractivity contribution in [1.29, 1.82) is 0 Å². The van der Waals surface area contributed by atoms with Gasteiger partial charge in [0.1, 0.15) is 6.54 Å². The average Bonchev–Trinajstić information content (AvgIpc) is 3.15. The van der Waals surface area contributed by atoms with Crippen LogP contribution in [0.1, 0.15) is 5.56 Å². The molecular weight excluding hydrogens is 334 g/mol. The van der Waals surface area contributed by atoms with Crippen LogP contribution in [0, 0.1) is 0 Å². The second kappa shape index (κ2) is 8.11. The van der Waals surface area contributed by atoms with Crippen LogP contribution in [0.15, 0.2) is 48.5 Å². The van der Waals surface area contributed by atoms with Crippen molar-refractivity contribution in [1.82, 2.24) is 25.5 Å². The first-order valence-corrected chi connectivity index (χ1v) is 8.00. The second-order valence-corrected chi connectivity index (χ2v) is 5.48. The first-order valence-electron chi connectivity index (χ1n) is 8.00. The SMILES string of the molecule is COc1ccc(CNC(=O)Cn2nnc(-c3ccccc3)n2)cc1OC. The molecule has 0 unspecified atom stereocenters. The predicted molar refractivity (Wildman–Crippen MR) is 94.6 cm³/mol. The summed E-state index contributed by atoms with van der Waals surface area (Å²) in [7, 11) is 3.15. The molecule has 3 rings (SSSR count). The molecule has 0 fully saturated rings. The molecule has 0 aliphatic heterocycles. The van der Waals surface area contributed by atoms with E-state index >= 15 is 0 Å². The summed E-state index contributed by atoms with van der Waals surface area (Å²) < 4.78 is 10.4. The Labute approximate surface area is 150 Å². The van der Waals surface area contributed by atoms with Crippen LogP contribution in [-0.4, -0.2) is 40.3 Å². The van der Waals surface area contributed by atoms with Crippen LogP contribution in [0.2, 0.25) is 0 Å². The molecule has 3 aromatic rings. The molecule has 26 heavy (non-hydrogen) atoms. The van der Waals surface area contributed by atoms with Gasteiger partial charge < -0.3 is 14.8 Å². The molecule has 0 bridgehead atoms. The van der Waals surface area contributed by atoms with E-state index in [0.29, 0.717) is 23.9 Å². The molecule has 0 saturated heterocycles. The summed E-state index contributed by atoms with van der Waals surface area (Å²) >= 11 is 0. The lowest BCUT2D eigenvalue weighted by Gasteiger charge is -2.10. The number of tetrazole rings is 1. The van der Waals surface area contributed by atoms with Gasteiger partial charge in [-0.3, -0.25) is 4.79 Å². The second-order valence-electron chi connectivity index (χ2n) is 5.48. The van der Waals surface area contributed by atoms with Crippen molar-refractivity contribution in [2.24, 2.45) is 0 Å². The Hall–Kier alpha value is -3.42. The van der Waals surface area contributed by atoms with Gasteiger partial charge in [0.25, 0.3) is 0 Å². The van der Waals surface area contributed by atoms with Crippen LogP contribution >= 0.6 is 0 Å². The van der Waals surface area contributed by atoms with Crippen LogP contribution in [0.4, 0.5) is 0 Å². The lowest BCUT2D eigenvalue weighted by molar-refractivity contribution is -0.122. The number of benzene rings is 2. The van der Waals surface area contributed by atoms with Gasteiger partial charge in [-0.05, 0) is 22.9 Å². The number of aromatic nitrogens is 4. The smallest absolute Gasteiger partial charge is 0.243 e. The monoisotopic (exact) mass is 353 g/mol. The summed E-state index contributed by atoms with van der Waals surface area (Å²) in [5.74, 6) is 1.53. The van der Waals surface area contributed by atoms with Gasteiger partial charge in [-0.15, -0.1) is 10.2 Å². The van der Waals surface area contributed by atoms with Crippen molar-refractivity contribution in [3.05, 3.63) is 54.1 Å². The van der Waals surface area contributed by atoms with Crippen molar-refractivity contribution in [2.45, 2.75) is 13.1 Å². The Kier molecular flexibility index (Phi) is 5.43. The summed E-state index contributed by atoms with van der Waals surface area (Å²) in [5.41, 5.74) is 1.75. The van der Waals surface area contributed by atoms with Crippen molar-refractivity contribution < 1.29 is 14.3 Å². The highest BCUT2D eigenvalue weighted by atomic mass is 16.5. The molecule has 1 aromatic heterocycles. The van der Waals surface area contributed by atoms with Gasteiger partial charge in [-0.2, -0.15) is 4.80 Å². The molecular formula is C18H19N5O3. The maximum absolute atomic E-state index is 12.1. The fourth-order valence-electron chi connectivity index (χ4n) is 2.39. The number of methoxy groups -OCH3 is 2. The van der Waals surface area contributed by atoms with E-state index in [1.807, 2.05) is 42.5 Å². The third kappa shape index (κ3) is 4.15. The highest BCUT2D eigenvalue weighted by molar-refractivity contribution is 5.75. The van der Waals surface area contributed by atoms with E-state index in [9.17, 15) is 4.79 Å². The normalized spacial score (nSPS) is 10.4. The Balaban J connectivity index is 1.57. The minimum absolute atomic E-state index is 0.00682. The van der Waals surface area contributed by atoms with Crippen LogP contribution in [0.25, 0.3) is 11.4 Å². The van der Waals surface area contributed by atoms with Crippen LogP contribution < -0.4 is 14.8 Å². The number of ether oxygens (including phenoxy) is 2. The van der Waals surface area contributed by atoms with Gasteiger partial charge in [0.15, 0.2) is 11.5 Å². The average molecular weight is 353 g/mol. The molecule has 1 N–H and O–H groups in total. The molecule has 0 atom stereocenters. The summed E-state index contributed by atoms with van der Waals surface area (Å²) in [6, 6.07) is 15.0. The van der Waals surface area contributed by atoms with Crippen LogP contribution in [-0.2, 0) is 17.9 Å². The van der Waals surface area contributed by atoms with E-state index in [4.69, 9.17) is 9.47 Å². The van der Waals surface area contributed by atoms with Crippen molar-refractivity contribution in [3.63, 3.8) is 0 Å². The van der Waals surface area contributed by atoms with Gasteiger partial charge in [-0.1, -0.05) is 36.4 Å². The van der Waals surface area contributed by atoms with Crippen LogP contribution in [0.5, 0.6) is 11.5 Å². The molecule has 0 aliphatic rings. The van der Waals surface area contributed by atoms with Gasteiger partial charge >= 0.3 is 0 Å². The number of carbonyl (C=O) groups excluding carboxylic acids is 1. The molecule has 0 aliphatic carbocycles. The van der Waals surface area contributed by atoms with Gasteiger partial charge in [0.2, 0.25) is 11.7 Å². The Morgan fingerprint density at radius 3 is 2.58 bits per heavy atom. The molecule has 0 saturated carbocycles. The number of hydrogen-bond donors (Lipinski definition) is 1. The number of amides is 1. The van der Waals surface area contributed by atoms with E-state index in [1.54, 1.807) is 20.3 Å². The lowest BCUT2D eigenvalue weighted by Crippen LogP contribution is -2.28. The minimum atomic E-state index is -0.211. The molecule has 0 radical (unpaired) electrons. The van der Waals surface area contributed by atoms with Gasteiger partial charge in [-0.25, -0.2) is 0 Å². The van der Waals surface area contributed by atoms with Gasteiger partial charge in [0, 0.05) is 12.1 Å². The molecule has 0 spiro atoms. The third-order valence-corrected chi connectivity index (χ3v) is 3.71. The molecule has 8 heteroatoms. The Bertz CT molecular complexity index is 880. The Morgan fingerprint density at radius 1 is 1.08 bits per heavy atom. The quantitative estimate of drug-likeness (QED) is 0.695. The predicted octanol–water partition coefficient (Wildman–Crippen LogP) is 1.67. The zero-order valence-electron chi connectivity index (χ0n) is 14.5. The van der Waals surface area contributed by atoms with E-state index in [-0.39, 0.29) is 12.5 Å². The fourth-order valence-corrected chi connectivity index (χ4v) is 2.39. The molecule has 2 aromatic carbocycles. The molecule has 1 heterocycles. The maximum Gasteiger partial charge on any atom is 0.243 e. The molecule has 8 nitrogen and oxygen atoms in total. The number of nitrogens with one attached hydrogen (secondary N) is 1. The minimum Gasteiger partial charge on any atom is -0.493 e. The first-order chi connectivity index (χ1) is 12.7. The number of hydrogen-bond acceptors (Lipinski definition) is 6. The van der Waals surface area contributed by atoms with Gasteiger partial charge in [0.05, 0.1) is 14.2 Å². The highest BCUT2D eigenvalue weighted by Gasteiger charge is 2.10. The van der Waals surface area contributed by atoms with Crippen LogP contribution in [0.3, 0.4) is 0 Å². The van der Waals surface area contributed by atoms with Crippen molar-refractivity contribution in [3.8, 4) is 22.9 Å². The van der Waals surface area contributed by atoms with E-state index in [0.717, 1.165) is 11.1 Å². The van der Waals surface area contributed by atoms with E-state index in [2.05, 4.69) is 20.7 Å². The van der Waals surface area contributed by atoms with Crippen molar-refractivity contribution in [2.75, 3.05) is 14.2 Å². The molecule has 1 amide bonds. The maximum atomic E-state index is 12.1. The molecule has 134 valence electrons. The first kappa shape index (κ1) is 17.4. The summed E-state index contributed by atoms with van der Waals surface area (Å²) in [5, 5.41) is 14.9. The zero-order chi connectivity index (χ0) is 18.4. The number of carbonyl (C=O) groups is 1. The third-order valence-electron chi connectivity index (χ3n) is 3.71. The standard InChI is InChI=1S/C18H19N5O3/c1-25-15-9-8-13(10-16(15)26-2)11-19-17(24)12-23-21-18(20-22-23)14-6-4-3-5-7-14/h3-10H,11-12H2,1-2H3,(H,19,24). The van der Waals surface area contributed by atoms with E-state index < -0.39 is 0 Å². The summed E-state index contributed by atoms with van der Waals surface area (Å²) in [6.45, 7) is 0.354. The van der Waals surface area contributed by atoms with E-state index in [1.165, 1.54) is 4.80 Å². The number of nitrogens with zero attached hydrogens (tertiary/aromatic N) is 4. The highest BCUT2D eigenvalue weighted by Crippen LogP contribution is 2.27. The lowest BCUT2D eigenvalue weighted by atomic mass is 10.2. The summed E-state index contributed by atoms with van der Waals surface area (Å²) in [6.07, 6.45) is 0. The zero-order valence-corrected chi connectivity index (χ0v) is 14.5. The summed E-state index contributed by atoms with van der Waals surface area (Å²) in [4.78, 5) is 13.4. The number of rotatable bonds is 7. The topological polar surface area (TPSA) is 91.2 Å². The Morgan fingerprint density at radius 2 is 1.85 bits per heavy atom. The van der Waals surface area contributed by atoms with Crippen molar-refractivity contribution >= 4 is 5.91 Å².